The van der Waals surface area contributed by atoms with Crippen LogP contribution in [0.15, 0.2) is 61.2 Å². The number of likely N-dealkylation sites (tertiary alicyclic amines) is 1. The summed E-state index contributed by atoms with van der Waals surface area (Å²) >= 11 is 0. The number of anilines is 1. The second-order valence-corrected chi connectivity index (χ2v) is 10.7. The van der Waals surface area contributed by atoms with Gasteiger partial charge in [0.1, 0.15) is 29.4 Å². The van der Waals surface area contributed by atoms with Crippen LogP contribution in [0.5, 0.6) is 5.75 Å². The van der Waals surface area contributed by atoms with E-state index in [0.717, 1.165) is 53.0 Å². The van der Waals surface area contributed by atoms with Gasteiger partial charge in [0.2, 0.25) is 0 Å². The fraction of sp³-hybridized carbons (Fsp3) is 0.258. The number of nitrogens with one attached hydrogen (secondary N) is 2. The number of benzene rings is 1. The number of rotatable bonds is 8. The smallest absolute Gasteiger partial charge is 0.160 e. The summed E-state index contributed by atoms with van der Waals surface area (Å²) in [5.74, 6) is 0.679. The predicted octanol–water partition coefficient (Wildman–Crippen LogP) is 5.30. The molecule has 2 N–H and O–H groups in total. The molecule has 0 amide bonds. The molecule has 10 nitrogen and oxygen atoms in total. The number of imidazole rings is 1. The van der Waals surface area contributed by atoms with E-state index in [9.17, 15) is 4.39 Å². The molecule has 7 rings (SSSR count). The number of hydrogen-bond acceptors (Lipinski definition) is 8. The molecule has 0 aliphatic carbocycles. The summed E-state index contributed by atoms with van der Waals surface area (Å²) in [4.78, 5) is 26.0. The lowest BCUT2D eigenvalue weighted by Gasteiger charge is -2.15. The first-order valence-corrected chi connectivity index (χ1v) is 14.0. The van der Waals surface area contributed by atoms with Gasteiger partial charge in [0.25, 0.3) is 0 Å². The van der Waals surface area contributed by atoms with E-state index >= 15 is 0 Å². The van der Waals surface area contributed by atoms with Crippen molar-refractivity contribution in [1.29, 1.82) is 0 Å². The molecular weight excluding hydrogens is 533 g/mol. The third kappa shape index (κ3) is 5.03. The van der Waals surface area contributed by atoms with Crippen molar-refractivity contribution in [2.24, 2.45) is 0 Å². The zero-order valence-corrected chi connectivity index (χ0v) is 23.4. The Kier molecular flexibility index (Phi) is 6.71. The second kappa shape index (κ2) is 10.8. The van der Waals surface area contributed by atoms with Crippen molar-refractivity contribution in [2.45, 2.75) is 12.8 Å². The number of hydrogen-bond donors (Lipinski definition) is 2. The second-order valence-electron chi connectivity index (χ2n) is 10.7. The molecule has 0 spiro atoms. The van der Waals surface area contributed by atoms with Gasteiger partial charge in [-0.3, -0.25) is 20.0 Å². The van der Waals surface area contributed by atoms with Crippen LogP contribution in [0.3, 0.4) is 0 Å². The molecule has 11 heteroatoms. The van der Waals surface area contributed by atoms with E-state index in [1.54, 1.807) is 18.6 Å². The number of ether oxygens (including phenoxy) is 1. The molecule has 212 valence electrons. The minimum absolute atomic E-state index is 0.365. The number of fused-ring (bicyclic) bond motifs is 2. The van der Waals surface area contributed by atoms with Gasteiger partial charge in [-0.25, -0.2) is 14.4 Å². The van der Waals surface area contributed by atoms with Crippen LogP contribution in [0.2, 0.25) is 0 Å². The van der Waals surface area contributed by atoms with Gasteiger partial charge < -0.3 is 14.6 Å². The molecule has 6 aromatic rings. The van der Waals surface area contributed by atoms with Crippen LogP contribution in [0.1, 0.15) is 12.8 Å². The molecule has 5 aromatic heterocycles. The molecule has 1 saturated heterocycles. The van der Waals surface area contributed by atoms with E-state index in [4.69, 9.17) is 9.72 Å². The van der Waals surface area contributed by atoms with Gasteiger partial charge in [-0.2, -0.15) is 5.10 Å². The van der Waals surface area contributed by atoms with Gasteiger partial charge >= 0.3 is 0 Å². The highest BCUT2D eigenvalue weighted by Gasteiger charge is 2.18. The van der Waals surface area contributed by atoms with E-state index in [1.165, 1.54) is 25.0 Å². The summed E-state index contributed by atoms with van der Waals surface area (Å²) in [6.07, 6.45) is 9.50. The van der Waals surface area contributed by atoms with Crippen molar-refractivity contribution >= 4 is 27.8 Å². The molecular formula is C31H30FN9O. The van der Waals surface area contributed by atoms with E-state index in [2.05, 4.69) is 35.0 Å². The SMILES string of the molecule is CN(C)c1cncc(-c2cc3c(-c4nc5c(-c6cc(F)cc(OCCN7CCCC7)c6)ccnc5[nH]4)n[nH]c3cn2)c1. The highest BCUT2D eigenvalue weighted by Crippen LogP contribution is 2.33. The number of halogens is 1. The van der Waals surface area contributed by atoms with Crippen molar-refractivity contribution in [3.8, 4) is 39.7 Å². The van der Waals surface area contributed by atoms with Crippen LogP contribution >= 0.6 is 0 Å². The Morgan fingerprint density at radius 2 is 1.88 bits per heavy atom. The zero-order valence-electron chi connectivity index (χ0n) is 23.4. The molecule has 0 bridgehead atoms. The Morgan fingerprint density at radius 1 is 1.00 bits per heavy atom. The Bertz CT molecular complexity index is 1890. The van der Waals surface area contributed by atoms with Crippen LogP contribution in [-0.4, -0.2) is 80.4 Å². The summed E-state index contributed by atoms with van der Waals surface area (Å²) in [7, 11) is 3.95. The molecule has 1 aliphatic rings. The van der Waals surface area contributed by atoms with E-state index < -0.39 is 0 Å². The van der Waals surface area contributed by atoms with Gasteiger partial charge in [0.05, 0.1) is 29.3 Å². The molecule has 0 atom stereocenters. The maximum atomic E-state index is 14.7. The molecule has 42 heavy (non-hydrogen) atoms. The average Bonchev–Trinajstić information content (AvgIpc) is 3.76. The van der Waals surface area contributed by atoms with Crippen LogP contribution in [0, 0.1) is 5.82 Å². The van der Waals surface area contributed by atoms with Crippen molar-refractivity contribution in [3.63, 3.8) is 0 Å². The van der Waals surface area contributed by atoms with E-state index in [0.29, 0.717) is 40.6 Å². The molecule has 0 unspecified atom stereocenters. The van der Waals surface area contributed by atoms with Gasteiger partial charge in [-0.05, 0) is 61.8 Å². The van der Waals surface area contributed by atoms with Gasteiger partial charge in [-0.15, -0.1) is 0 Å². The summed E-state index contributed by atoms with van der Waals surface area (Å²) in [6.45, 7) is 3.54. The average molecular weight is 564 g/mol. The summed E-state index contributed by atoms with van der Waals surface area (Å²) in [6, 6.07) is 10.6. The Labute approximate surface area is 241 Å². The first-order valence-electron chi connectivity index (χ1n) is 14.0. The van der Waals surface area contributed by atoms with E-state index in [-0.39, 0.29) is 5.82 Å². The van der Waals surface area contributed by atoms with Gasteiger partial charge in [0.15, 0.2) is 11.5 Å². The normalized spacial score (nSPS) is 13.8. The minimum atomic E-state index is -0.365. The van der Waals surface area contributed by atoms with Gasteiger partial charge in [-0.1, -0.05) is 0 Å². The standard InChI is InChI=1S/C31H30FN9O/c1-40(2)22-12-20(16-33-17-22)26-15-25-27(18-35-26)38-39-29(25)31-36-28-24(5-6-34-30(28)37-31)19-11-21(32)14-23(13-19)42-10-9-41-7-3-4-8-41/h5-6,11-18H,3-4,7-10H2,1-2H3,(H,38,39)(H,34,36,37). The lowest BCUT2D eigenvalue weighted by molar-refractivity contribution is 0.237. The van der Waals surface area contributed by atoms with Crippen LogP contribution in [0.4, 0.5) is 10.1 Å². The summed E-state index contributed by atoms with van der Waals surface area (Å²) in [5, 5.41) is 8.45. The molecule has 0 saturated carbocycles. The Morgan fingerprint density at radius 3 is 2.74 bits per heavy atom. The third-order valence-electron chi connectivity index (χ3n) is 7.65. The van der Waals surface area contributed by atoms with Crippen molar-refractivity contribution in [2.75, 3.05) is 45.2 Å². The number of pyridine rings is 3. The highest BCUT2D eigenvalue weighted by atomic mass is 19.1. The Hall–Kier alpha value is -4.90. The van der Waals surface area contributed by atoms with Crippen molar-refractivity contribution < 1.29 is 9.13 Å². The highest BCUT2D eigenvalue weighted by molar-refractivity contribution is 5.96. The third-order valence-corrected chi connectivity index (χ3v) is 7.65. The summed E-state index contributed by atoms with van der Waals surface area (Å²) in [5.41, 5.74) is 6.69. The first-order chi connectivity index (χ1) is 20.5. The quantitative estimate of drug-likeness (QED) is 0.257. The van der Waals surface area contributed by atoms with Crippen LogP contribution < -0.4 is 9.64 Å². The maximum absolute atomic E-state index is 14.7. The first kappa shape index (κ1) is 26.0. The maximum Gasteiger partial charge on any atom is 0.160 e. The van der Waals surface area contributed by atoms with Crippen LogP contribution in [-0.2, 0) is 0 Å². The molecule has 0 radical (unpaired) electrons. The zero-order chi connectivity index (χ0) is 28.6. The topological polar surface area (TPSA) is 112 Å². The minimum Gasteiger partial charge on any atom is -0.492 e. The Balaban J connectivity index is 1.22. The fourth-order valence-electron chi connectivity index (χ4n) is 5.42. The number of nitrogens with zero attached hydrogens (tertiary/aromatic N) is 7. The van der Waals surface area contributed by atoms with Gasteiger partial charge in [0, 0.05) is 55.6 Å². The predicted molar refractivity (Wildman–Crippen MR) is 161 cm³/mol. The largest absolute Gasteiger partial charge is 0.492 e. The number of aromatic amines is 2. The molecule has 1 aromatic carbocycles. The lowest BCUT2D eigenvalue weighted by Crippen LogP contribution is -2.25. The van der Waals surface area contributed by atoms with Crippen molar-refractivity contribution in [3.05, 3.63) is 67.0 Å². The van der Waals surface area contributed by atoms with Crippen LogP contribution in [0.25, 0.3) is 56.0 Å². The molecule has 1 fully saturated rings. The summed E-state index contributed by atoms with van der Waals surface area (Å²) < 4.78 is 20.7. The lowest BCUT2D eigenvalue weighted by atomic mass is 10.1. The number of aromatic nitrogens is 7. The monoisotopic (exact) mass is 563 g/mol. The number of H-pyrrole nitrogens is 2. The molecule has 6 heterocycles. The molecule has 1 aliphatic heterocycles. The van der Waals surface area contributed by atoms with E-state index in [1.807, 2.05) is 49.5 Å². The van der Waals surface area contributed by atoms with Crippen molar-refractivity contribution in [1.82, 2.24) is 40.0 Å². The fourth-order valence-corrected chi connectivity index (χ4v) is 5.42.